The predicted molar refractivity (Wildman–Crippen MR) is 83.8 cm³/mol. The Morgan fingerprint density at radius 1 is 0.955 bits per heavy atom. The Kier molecular flexibility index (Phi) is 5.27. The number of rotatable bonds is 5. The summed E-state index contributed by atoms with van der Waals surface area (Å²) in [6.07, 6.45) is 0. The average molecular weight is 298 g/mol. The average Bonchev–Trinajstić information content (AvgIpc) is 2.53. The number of nitrogens with one attached hydrogen (secondary N) is 1. The summed E-state index contributed by atoms with van der Waals surface area (Å²) in [5.41, 5.74) is 7.18. The summed E-state index contributed by atoms with van der Waals surface area (Å²) in [7, 11) is 0. The van der Waals surface area contributed by atoms with Gasteiger partial charge in [0.1, 0.15) is 6.04 Å². The van der Waals surface area contributed by atoms with Crippen molar-refractivity contribution < 1.29 is 14.9 Å². The van der Waals surface area contributed by atoms with Crippen molar-refractivity contribution in [1.82, 2.24) is 5.32 Å². The largest absolute Gasteiger partial charge is 0.351 e. The van der Waals surface area contributed by atoms with Crippen molar-refractivity contribution in [1.29, 1.82) is 0 Å². The van der Waals surface area contributed by atoms with Crippen LogP contribution in [-0.2, 0) is 4.79 Å². The molecular formula is C17H20N3O2+. The molecule has 0 unspecified atom stereocenters. The Morgan fingerprint density at radius 2 is 1.41 bits per heavy atom. The minimum Gasteiger partial charge on any atom is -0.351 e. The fourth-order valence-corrected chi connectivity index (χ4v) is 2.35. The van der Waals surface area contributed by atoms with Crippen LogP contribution < -0.4 is 16.4 Å². The third-order valence-corrected chi connectivity index (χ3v) is 3.46. The van der Waals surface area contributed by atoms with Crippen LogP contribution in [0.2, 0.25) is 0 Å². The molecule has 1 atom stereocenters. The highest BCUT2D eigenvalue weighted by Crippen LogP contribution is 2.17. The highest BCUT2D eigenvalue weighted by Gasteiger charge is 2.25. The van der Waals surface area contributed by atoms with Gasteiger partial charge in [0, 0.05) is 11.1 Å². The van der Waals surface area contributed by atoms with Gasteiger partial charge in [0.05, 0.1) is 0 Å². The smallest absolute Gasteiger partial charge is 0.319 e. The Hall–Kier alpha value is -2.66. The molecule has 0 heterocycles. The van der Waals surface area contributed by atoms with Crippen LogP contribution in [0.15, 0.2) is 60.7 Å². The van der Waals surface area contributed by atoms with Gasteiger partial charge in [-0.1, -0.05) is 60.7 Å². The molecule has 2 rings (SSSR count). The highest BCUT2D eigenvalue weighted by atomic mass is 16.2. The maximum atomic E-state index is 11.9. The van der Waals surface area contributed by atoms with E-state index in [0.717, 1.165) is 11.1 Å². The Morgan fingerprint density at radius 3 is 1.82 bits per heavy atom. The number of carbonyl (C=O) groups excluding carboxylic acids is 2. The number of benzene rings is 2. The molecule has 3 amide bonds. The van der Waals surface area contributed by atoms with Crippen molar-refractivity contribution in [2.75, 3.05) is 0 Å². The van der Waals surface area contributed by atoms with Gasteiger partial charge in [0.15, 0.2) is 6.04 Å². The fraction of sp³-hybridized carbons (Fsp3) is 0.176. The van der Waals surface area contributed by atoms with Crippen LogP contribution in [0, 0.1) is 0 Å². The molecule has 5 N–H and O–H groups in total. The molecule has 5 nitrogen and oxygen atoms in total. The first-order valence-corrected chi connectivity index (χ1v) is 7.13. The number of amides is 3. The molecule has 5 heteroatoms. The van der Waals surface area contributed by atoms with Crippen LogP contribution in [0.25, 0.3) is 0 Å². The molecule has 22 heavy (non-hydrogen) atoms. The molecule has 0 aliphatic carbocycles. The minimum absolute atomic E-state index is 0.0315. The molecule has 0 aromatic heterocycles. The van der Waals surface area contributed by atoms with Crippen LogP contribution >= 0.6 is 0 Å². The van der Waals surface area contributed by atoms with E-state index in [0.29, 0.717) is 0 Å². The van der Waals surface area contributed by atoms with Crippen molar-refractivity contribution >= 4 is 11.9 Å². The SMILES string of the molecule is C[C@@H]([NH2+]C(c1ccccc1)c1ccccc1)C(=O)NC(N)=O. The number of hydrogen-bond donors (Lipinski definition) is 3. The zero-order valence-corrected chi connectivity index (χ0v) is 12.4. The zero-order valence-electron chi connectivity index (χ0n) is 12.4. The summed E-state index contributed by atoms with van der Waals surface area (Å²) >= 11 is 0. The summed E-state index contributed by atoms with van der Waals surface area (Å²) in [6.45, 7) is 1.75. The molecule has 2 aromatic rings. The van der Waals surface area contributed by atoms with Gasteiger partial charge in [0.2, 0.25) is 0 Å². The standard InChI is InChI=1S/C17H19N3O2/c1-12(16(21)20-17(18)22)19-15(13-8-4-2-5-9-13)14-10-6-3-7-11-14/h2-12,15,19H,1H3,(H3,18,20,21,22)/p+1/t12-/m1/s1. The number of nitrogens with two attached hydrogens (primary N) is 2. The lowest BCUT2D eigenvalue weighted by molar-refractivity contribution is -0.704. The molecular weight excluding hydrogens is 278 g/mol. The van der Waals surface area contributed by atoms with E-state index in [1.54, 1.807) is 6.92 Å². The maximum Gasteiger partial charge on any atom is 0.319 e. The van der Waals surface area contributed by atoms with E-state index in [1.807, 2.05) is 66.0 Å². The molecule has 0 aliphatic heterocycles. The van der Waals surface area contributed by atoms with Gasteiger partial charge in [-0.3, -0.25) is 10.1 Å². The van der Waals surface area contributed by atoms with E-state index in [9.17, 15) is 9.59 Å². The normalized spacial score (nSPS) is 11.9. The van der Waals surface area contributed by atoms with Crippen molar-refractivity contribution in [3.8, 4) is 0 Å². The van der Waals surface area contributed by atoms with Gasteiger partial charge in [-0.25, -0.2) is 4.79 Å². The van der Waals surface area contributed by atoms with Gasteiger partial charge in [-0.05, 0) is 6.92 Å². The quantitative estimate of drug-likeness (QED) is 0.766. The number of imide groups is 1. The second-order valence-electron chi connectivity index (χ2n) is 5.13. The first-order valence-electron chi connectivity index (χ1n) is 7.13. The Bertz CT molecular complexity index is 589. The predicted octanol–water partition coefficient (Wildman–Crippen LogP) is 0.923. The summed E-state index contributed by atoms with van der Waals surface area (Å²) < 4.78 is 0. The molecule has 114 valence electrons. The lowest BCUT2D eigenvalue weighted by atomic mass is 9.98. The molecule has 0 saturated carbocycles. The van der Waals surface area contributed by atoms with Gasteiger partial charge in [0.25, 0.3) is 5.91 Å². The summed E-state index contributed by atoms with van der Waals surface area (Å²) in [5.74, 6) is -0.399. The first kappa shape index (κ1) is 15.7. The third-order valence-electron chi connectivity index (χ3n) is 3.46. The highest BCUT2D eigenvalue weighted by molar-refractivity contribution is 5.95. The van der Waals surface area contributed by atoms with E-state index in [-0.39, 0.29) is 6.04 Å². The van der Waals surface area contributed by atoms with Gasteiger partial charge < -0.3 is 11.1 Å². The number of carbonyl (C=O) groups is 2. The van der Waals surface area contributed by atoms with E-state index in [4.69, 9.17) is 5.73 Å². The van der Waals surface area contributed by atoms with Crippen LogP contribution in [0.5, 0.6) is 0 Å². The van der Waals surface area contributed by atoms with Crippen molar-refractivity contribution in [2.45, 2.75) is 19.0 Å². The number of hydrogen-bond acceptors (Lipinski definition) is 2. The topological polar surface area (TPSA) is 88.8 Å². The van der Waals surface area contributed by atoms with Crippen molar-refractivity contribution in [3.63, 3.8) is 0 Å². The second kappa shape index (κ2) is 7.38. The molecule has 0 saturated heterocycles. The van der Waals surface area contributed by atoms with E-state index < -0.39 is 18.0 Å². The lowest BCUT2D eigenvalue weighted by Crippen LogP contribution is -2.93. The number of quaternary nitrogens is 1. The zero-order chi connectivity index (χ0) is 15.9. The number of primary amides is 1. The molecule has 0 bridgehead atoms. The third kappa shape index (κ3) is 4.17. The maximum absolute atomic E-state index is 11.9. The van der Waals surface area contributed by atoms with Crippen LogP contribution in [0.3, 0.4) is 0 Å². The lowest BCUT2D eigenvalue weighted by Gasteiger charge is -2.20. The van der Waals surface area contributed by atoms with Gasteiger partial charge in [-0.15, -0.1) is 0 Å². The van der Waals surface area contributed by atoms with Crippen LogP contribution in [-0.4, -0.2) is 18.0 Å². The second-order valence-corrected chi connectivity index (χ2v) is 5.13. The Labute approximate surface area is 129 Å². The Balaban J connectivity index is 2.23. The molecule has 0 aliphatic rings. The van der Waals surface area contributed by atoms with Gasteiger partial charge >= 0.3 is 6.03 Å². The van der Waals surface area contributed by atoms with E-state index >= 15 is 0 Å². The minimum atomic E-state index is -0.832. The molecule has 2 aromatic carbocycles. The molecule has 0 spiro atoms. The summed E-state index contributed by atoms with van der Waals surface area (Å²) in [6, 6.07) is 18.5. The van der Waals surface area contributed by atoms with E-state index in [2.05, 4.69) is 5.32 Å². The molecule has 0 radical (unpaired) electrons. The van der Waals surface area contributed by atoms with Crippen LogP contribution in [0.4, 0.5) is 4.79 Å². The first-order chi connectivity index (χ1) is 10.6. The van der Waals surface area contributed by atoms with E-state index in [1.165, 1.54) is 0 Å². The van der Waals surface area contributed by atoms with Gasteiger partial charge in [-0.2, -0.15) is 0 Å². The van der Waals surface area contributed by atoms with Crippen molar-refractivity contribution in [3.05, 3.63) is 71.8 Å². The fourth-order valence-electron chi connectivity index (χ4n) is 2.35. The molecule has 0 fully saturated rings. The van der Waals surface area contributed by atoms with Crippen LogP contribution in [0.1, 0.15) is 24.1 Å². The summed E-state index contributed by atoms with van der Waals surface area (Å²) in [4.78, 5) is 22.7. The number of urea groups is 1. The van der Waals surface area contributed by atoms with Crippen molar-refractivity contribution in [2.24, 2.45) is 5.73 Å². The summed E-state index contributed by atoms with van der Waals surface area (Å²) in [5, 5.41) is 4.04. The monoisotopic (exact) mass is 298 g/mol.